The van der Waals surface area contributed by atoms with Gasteiger partial charge in [0.2, 0.25) is 0 Å². The van der Waals surface area contributed by atoms with E-state index in [4.69, 9.17) is 9.47 Å². The van der Waals surface area contributed by atoms with Gasteiger partial charge in [-0.15, -0.1) is 0 Å². The number of hydrogen-bond donors (Lipinski definition) is 0. The minimum absolute atomic E-state index is 0.111. The van der Waals surface area contributed by atoms with Gasteiger partial charge in [-0.25, -0.2) is 0 Å². The third-order valence-electron chi connectivity index (χ3n) is 3.97. The fraction of sp³-hybridized carbons (Fsp3) is 0.571. The number of carbonyl (C=O) groups is 3. The second-order valence-electron chi connectivity index (χ2n) is 6.37. The Hall–Kier alpha value is -2.17. The number of ether oxygens (including phenoxy) is 2. The van der Waals surface area contributed by atoms with Crippen molar-refractivity contribution in [2.45, 2.75) is 71.6 Å². The van der Waals surface area contributed by atoms with Crippen molar-refractivity contribution < 1.29 is 23.9 Å². The summed E-state index contributed by atoms with van der Waals surface area (Å²) >= 11 is 0. The van der Waals surface area contributed by atoms with Crippen molar-refractivity contribution in [1.82, 2.24) is 0 Å². The topological polar surface area (TPSA) is 69.7 Å². The standard InChI is InChI=1S/C21H30O5/c1-3-16-25-20(23)14-8-6-4-5-7-9-15-21(24)26-19-13-11-10-12-18(19)17(2)22/h10-13H,3-9,14-16H2,1-2H3. The largest absolute Gasteiger partial charge is 0.466 e. The second-order valence-corrected chi connectivity index (χ2v) is 6.37. The van der Waals surface area contributed by atoms with Gasteiger partial charge in [-0.2, -0.15) is 0 Å². The van der Waals surface area contributed by atoms with Crippen molar-refractivity contribution in [1.29, 1.82) is 0 Å². The van der Waals surface area contributed by atoms with E-state index < -0.39 is 0 Å². The molecule has 5 nitrogen and oxygen atoms in total. The van der Waals surface area contributed by atoms with Gasteiger partial charge in [0.25, 0.3) is 0 Å². The highest BCUT2D eigenvalue weighted by molar-refractivity contribution is 5.97. The first-order valence-electron chi connectivity index (χ1n) is 9.50. The third-order valence-corrected chi connectivity index (χ3v) is 3.97. The molecule has 0 bridgehead atoms. The van der Waals surface area contributed by atoms with Crippen LogP contribution in [0.4, 0.5) is 0 Å². The lowest BCUT2D eigenvalue weighted by Gasteiger charge is -2.08. The van der Waals surface area contributed by atoms with E-state index in [1.807, 2.05) is 6.92 Å². The molecular weight excluding hydrogens is 332 g/mol. The Balaban J connectivity index is 2.09. The number of hydrogen-bond acceptors (Lipinski definition) is 5. The van der Waals surface area contributed by atoms with Crippen LogP contribution < -0.4 is 4.74 Å². The van der Waals surface area contributed by atoms with Gasteiger partial charge in [0.1, 0.15) is 5.75 Å². The lowest BCUT2D eigenvalue weighted by Crippen LogP contribution is -2.10. The summed E-state index contributed by atoms with van der Waals surface area (Å²) in [5.74, 6) is -0.204. The van der Waals surface area contributed by atoms with Crippen LogP contribution in [0.3, 0.4) is 0 Å². The Morgan fingerprint density at radius 3 is 2.04 bits per heavy atom. The van der Waals surface area contributed by atoms with Crippen LogP contribution in [0.25, 0.3) is 0 Å². The van der Waals surface area contributed by atoms with E-state index in [1.54, 1.807) is 24.3 Å². The van der Waals surface area contributed by atoms with E-state index in [1.165, 1.54) is 6.92 Å². The summed E-state index contributed by atoms with van der Waals surface area (Å²) in [7, 11) is 0. The molecule has 0 saturated carbocycles. The summed E-state index contributed by atoms with van der Waals surface area (Å²) in [5.41, 5.74) is 0.429. The van der Waals surface area contributed by atoms with Crippen molar-refractivity contribution in [3.8, 4) is 5.75 Å². The highest BCUT2D eigenvalue weighted by Crippen LogP contribution is 2.19. The number of esters is 2. The van der Waals surface area contributed by atoms with Crippen LogP contribution in [0.1, 0.15) is 82.0 Å². The zero-order valence-electron chi connectivity index (χ0n) is 15.9. The Morgan fingerprint density at radius 1 is 0.846 bits per heavy atom. The first-order chi connectivity index (χ1) is 12.5. The molecule has 0 aliphatic heterocycles. The number of benzene rings is 1. The molecule has 1 aromatic rings. The quantitative estimate of drug-likeness (QED) is 0.217. The number of ketones is 1. The minimum Gasteiger partial charge on any atom is -0.466 e. The van der Waals surface area contributed by atoms with Gasteiger partial charge in [-0.1, -0.05) is 44.7 Å². The Bertz CT molecular complexity index is 580. The normalized spacial score (nSPS) is 10.4. The lowest BCUT2D eigenvalue weighted by molar-refractivity contribution is -0.143. The monoisotopic (exact) mass is 362 g/mol. The molecule has 0 radical (unpaired) electrons. The van der Waals surface area contributed by atoms with E-state index >= 15 is 0 Å². The van der Waals surface area contributed by atoms with Gasteiger partial charge < -0.3 is 9.47 Å². The van der Waals surface area contributed by atoms with Gasteiger partial charge in [-0.3, -0.25) is 14.4 Å². The molecule has 0 aliphatic rings. The summed E-state index contributed by atoms with van der Waals surface area (Å²) in [6.07, 6.45) is 7.32. The van der Waals surface area contributed by atoms with Crippen LogP contribution in [-0.4, -0.2) is 24.3 Å². The molecule has 0 unspecified atom stereocenters. The summed E-state index contributed by atoms with van der Waals surface area (Å²) in [6.45, 7) is 3.94. The maximum atomic E-state index is 11.9. The molecule has 0 spiro atoms. The average molecular weight is 362 g/mol. The molecule has 0 amide bonds. The maximum Gasteiger partial charge on any atom is 0.311 e. The van der Waals surface area contributed by atoms with Gasteiger partial charge >= 0.3 is 11.9 Å². The third kappa shape index (κ3) is 9.35. The zero-order valence-corrected chi connectivity index (χ0v) is 15.9. The van der Waals surface area contributed by atoms with Crippen LogP contribution in [0.2, 0.25) is 0 Å². The lowest BCUT2D eigenvalue weighted by atomic mass is 10.1. The molecule has 0 fully saturated rings. The summed E-state index contributed by atoms with van der Waals surface area (Å²) < 4.78 is 10.3. The molecule has 0 heterocycles. The molecule has 26 heavy (non-hydrogen) atoms. The maximum absolute atomic E-state index is 11.9. The van der Waals surface area contributed by atoms with Crippen molar-refractivity contribution in [2.75, 3.05) is 6.61 Å². The fourth-order valence-electron chi connectivity index (χ4n) is 2.55. The molecule has 0 saturated heterocycles. The van der Waals surface area contributed by atoms with Crippen LogP contribution >= 0.6 is 0 Å². The van der Waals surface area contributed by atoms with Crippen molar-refractivity contribution in [3.63, 3.8) is 0 Å². The SMILES string of the molecule is CCCOC(=O)CCCCCCCCC(=O)Oc1ccccc1C(C)=O. The van der Waals surface area contributed by atoms with Gasteiger partial charge in [0.15, 0.2) is 5.78 Å². The van der Waals surface area contributed by atoms with Crippen LogP contribution in [-0.2, 0) is 14.3 Å². The Labute approximate surface area is 156 Å². The second kappa shape index (κ2) is 13.1. The zero-order chi connectivity index (χ0) is 19.2. The first-order valence-corrected chi connectivity index (χ1v) is 9.50. The molecule has 144 valence electrons. The molecule has 5 heteroatoms. The van der Waals surface area contributed by atoms with Gasteiger partial charge in [-0.05, 0) is 38.3 Å². The molecule has 1 rings (SSSR count). The number of Topliss-reactive ketones (excluding diaryl/α,β-unsaturated/α-hetero) is 1. The Morgan fingerprint density at radius 2 is 1.42 bits per heavy atom. The van der Waals surface area contributed by atoms with Crippen LogP contribution in [0.15, 0.2) is 24.3 Å². The van der Waals surface area contributed by atoms with Crippen molar-refractivity contribution >= 4 is 17.7 Å². The van der Waals surface area contributed by atoms with Crippen molar-refractivity contribution in [2.24, 2.45) is 0 Å². The minimum atomic E-state index is -0.308. The molecule has 0 aromatic heterocycles. The average Bonchev–Trinajstić information content (AvgIpc) is 2.62. The van der Waals surface area contributed by atoms with E-state index in [-0.39, 0.29) is 17.7 Å². The molecule has 1 aromatic carbocycles. The molecule has 0 N–H and O–H groups in total. The van der Waals surface area contributed by atoms with E-state index in [9.17, 15) is 14.4 Å². The Kier molecular flexibility index (Phi) is 11.0. The highest BCUT2D eigenvalue weighted by Gasteiger charge is 2.11. The summed E-state index contributed by atoms with van der Waals surface area (Å²) in [5, 5.41) is 0. The summed E-state index contributed by atoms with van der Waals surface area (Å²) in [6, 6.07) is 6.79. The molecular formula is C21H30O5. The van der Waals surface area contributed by atoms with E-state index in [2.05, 4.69) is 0 Å². The molecule has 0 atom stereocenters. The van der Waals surface area contributed by atoms with Crippen molar-refractivity contribution in [3.05, 3.63) is 29.8 Å². The predicted octanol–water partition coefficient (Wildman–Crippen LogP) is 4.87. The number of unbranched alkanes of at least 4 members (excludes halogenated alkanes) is 5. The fourth-order valence-corrected chi connectivity index (χ4v) is 2.55. The number of carbonyl (C=O) groups excluding carboxylic acids is 3. The van der Waals surface area contributed by atoms with E-state index in [0.29, 0.717) is 30.8 Å². The van der Waals surface area contributed by atoms with E-state index in [0.717, 1.165) is 44.9 Å². The predicted molar refractivity (Wildman–Crippen MR) is 100 cm³/mol. The number of rotatable bonds is 13. The van der Waals surface area contributed by atoms with Crippen LogP contribution in [0, 0.1) is 0 Å². The summed E-state index contributed by atoms with van der Waals surface area (Å²) in [4.78, 5) is 34.7. The number of para-hydroxylation sites is 1. The molecule has 0 aliphatic carbocycles. The highest BCUT2D eigenvalue weighted by atomic mass is 16.5. The van der Waals surface area contributed by atoms with Gasteiger partial charge in [0, 0.05) is 12.8 Å². The first kappa shape index (κ1) is 21.9. The van der Waals surface area contributed by atoms with Crippen LogP contribution in [0.5, 0.6) is 5.75 Å². The smallest absolute Gasteiger partial charge is 0.311 e. The van der Waals surface area contributed by atoms with Gasteiger partial charge in [0.05, 0.1) is 12.2 Å².